The zero-order valence-corrected chi connectivity index (χ0v) is 21.4. The predicted octanol–water partition coefficient (Wildman–Crippen LogP) is 6.43. The van der Waals surface area contributed by atoms with Crippen LogP contribution in [0.3, 0.4) is 0 Å². The van der Waals surface area contributed by atoms with Crippen LogP contribution in [0.4, 0.5) is 8.78 Å². The summed E-state index contributed by atoms with van der Waals surface area (Å²) in [4.78, 5) is 14.0. The van der Waals surface area contributed by atoms with E-state index in [1.54, 1.807) is 36.4 Å². The largest absolute Gasteiger partial charge is 0.493 e. The molecular weight excluding hydrogens is 490 g/mol. The number of halogens is 2. The minimum absolute atomic E-state index is 0.0769. The summed E-state index contributed by atoms with van der Waals surface area (Å²) in [7, 11) is 4.48. The van der Waals surface area contributed by atoms with Gasteiger partial charge in [0.1, 0.15) is 11.6 Å². The Kier molecular flexibility index (Phi) is 7.13. The lowest BCUT2D eigenvalue weighted by molar-refractivity contribution is 0.0680. The Hall–Kier alpha value is -4.20. The van der Waals surface area contributed by atoms with Crippen LogP contribution in [0.2, 0.25) is 0 Å². The van der Waals surface area contributed by atoms with Crippen LogP contribution < -0.4 is 14.2 Å². The van der Waals surface area contributed by atoms with Gasteiger partial charge in [-0.05, 0) is 78.4 Å². The average molecular weight is 519 g/mol. The average Bonchev–Trinajstić information content (AvgIpc) is 3.34. The van der Waals surface area contributed by atoms with Gasteiger partial charge in [0.05, 0.1) is 33.1 Å². The fourth-order valence-electron chi connectivity index (χ4n) is 5.26. The molecule has 0 unspecified atom stereocenters. The van der Waals surface area contributed by atoms with Crippen LogP contribution in [0.1, 0.15) is 46.8 Å². The van der Waals surface area contributed by atoms with E-state index >= 15 is 0 Å². The fraction of sp³-hybridized carbons (Fsp3) is 0.267. The summed E-state index contributed by atoms with van der Waals surface area (Å²) in [6.07, 6.45) is 4.51. The molecule has 1 fully saturated rings. The quantitative estimate of drug-likeness (QED) is 0.378. The van der Waals surface area contributed by atoms with Gasteiger partial charge in [0, 0.05) is 11.5 Å². The van der Waals surface area contributed by atoms with Crippen LogP contribution in [0.25, 0.3) is 6.08 Å². The Morgan fingerprint density at radius 3 is 2.11 bits per heavy atom. The predicted molar refractivity (Wildman–Crippen MR) is 141 cm³/mol. The molecule has 0 spiro atoms. The molecule has 8 heteroatoms. The molecule has 0 bridgehead atoms. The van der Waals surface area contributed by atoms with E-state index in [0.717, 1.165) is 41.7 Å². The van der Waals surface area contributed by atoms with E-state index < -0.39 is 6.04 Å². The van der Waals surface area contributed by atoms with Gasteiger partial charge in [0.15, 0.2) is 11.5 Å². The van der Waals surface area contributed by atoms with E-state index in [9.17, 15) is 13.6 Å². The summed E-state index contributed by atoms with van der Waals surface area (Å²) >= 11 is 0. The molecule has 1 aliphatic heterocycles. The molecule has 3 aromatic rings. The summed E-state index contributed by atoms with van der Waals surface area (Å²) in [5.41, 5.74) is 3.78. The first-order valence-electron chi connectivity index (χ1n) is 12.4. The number of hydrazone groups is 1. The number of ether oxygens (including phenoxy) is 3. The first-order chi connectivity index (χ1) is 18.4. The van der Waals surface area contributed by atoms with Gasteiger partial charge in [-0.1, -0.05) is 24.3 Å². The highest BCUT2D eigenvalue weighted by Crippen LogP contribution is 2.46. The van der Waals surface area contributed by atoms with Gasteiger partial charge in [-0.3, -0.25) is 4.79 Å². The molecule has 196 valence electrons. The van der Waals surface area contributed by atoms with Crippen molar-refractivity contribution in [1.82, 2.24) is 5.01 Å². The van der Waals surface area contributed by atoms with Crippen molar-refractivity contribution in [2.75, 3.05) is 21.3 Å². The van der Waals surface area contributed by atoms with Gasteiger partial charge < -0.3 is 14.2 Å². The number of amides is 1. The Bertz CT molecular complexity index is 1380. The summed E-state index contributed by atoms with van der Waals surface area (Å²) in [5.74, 6) is 0.0201. The van der Waals surface area contributed by atoms with Gasteiger partial charge in [0.2, 0.25) is 5.75 Å². The van der Waals surface area contributed by atoms with Gasteiger partial charge in [-0.2, -0.15) is 5.10 Å². The first kappa shape index (κ1) is 25.4. The minimum atomic E-state index is -0.422. The number of rotatable bonds is 6. The van der Waals surface area contributed by atoms with Crippen LogP contribution in [-0.2, 0) is 0 Å². The molecule has 38 heavy (non-hydrogen) atoms. The number of hydrogen-bond donors (Lipinski definition) is 0. The number of methoxy groups -OCH3 is 3. The van der Waals surface area contributed by atoms with Crippen molar-refractivity contribution < 1.29 is 27.8 Å². The Labute approximate surface area is 220 Å². The molecule has 0 saturated heterocycles. The lowest BCUT2D eigenvalue weighted by Gasteiger charge is -2.30. The van der Waals surface area contributed by atoms with Crippen molar-refractivity contribution >= 4 is 17.7 Å². The van der Waals surface area contributed by atoms with E-state index in [0.29, 0.717) is 22.8 Å². The SMILES string of the molecule is COc1cc(C(=O)N2N=C3/C(=C/c4ccc(F)cc4)CCC[C@H]3[C@H]2c2ccc(F)cc2)cc(OC)c1OC. The van der Waals surface area contributed by atoms with E-state index in [2.05, 4.69) is 0 Å². The van der Waals surface area contributed by atoms with Crippen LogP contribution >= 0.6 is 0 Å². The highest BCUT2D eigenvalue weighted by molar-refractivity contribution is 6.09. The maximum absolute atomic E-state index is 14.0. The number of hydrogen-bond acceptors (Lipinski definition) is 5. The molecule has 5 rings (SSSR count). The minimum Gasteiger partial charge on any atom is -0.493 e. The summed E-state index contributed by atoms with van der Waals surface area (Å²) in [6, 6.07) is 15.3. The maximum Gasteiger partial charge on any atom is 0.274 e. The number of fused-ring (bicyclic) bond motifs is 1. The number of nitrogens with zero attached hydrogens (tertiary/aromatic N) is 2. The molecule has 1 aliphatic carbocycles. The Morgan fingerprint density at radius 2 is 1.53 bits per heavy atom. The van der Waals surface area contributed by atoms with Crippen molar-refractivity contribution in [3.8, 4) is 17.2 Å². The molecule has 1 amide bonds. The Balaban J connectivity index is 1.60. The highest BCUT2D eigenvalue weighted by Gasteiger charge is 2.44. The highest BCUT2D eigenvalue weighted by atomic mass is 19.1. The third-order valence-electron chi connectivity index (χ3n) is 7.04. The number of allylic oxidation sites excluding steroid dienone is 1. The fourth-order valence-corrected chi connectivity index (χ4v) is 5.26. The van der Waals surface area contributed by atoms with Gasteiger partial charge >= 0.3 is 0 Å². The summed E-state index contributed by atoms with van der Waals surface area (Å²) < 4.78 is 43.6. The molecule has 3 aromatic carbocycles. The molecule has 1 heterocycles. The van der Waals surface area contributed by atoms with Gasteiger partial charge in [-0.25, -0.2) is 13.8 Å². The lowest BCUT2D eigenvalue weighted by Crippen LogP contribution is -2.32. The molecule has 2 aliphatic rings. The molecule has 0 aromatic heterocycles. The van der Waals surface area contributed by atoms with Crippen LogP contribution in [0.15, 0.2) is 71.3 Å². The molecule has 0 radical (unpaired) electrons. The van der Waals surface area contributed by atoms with Crippen molar-refractivity contribution in [2.24, 2.45) is 11.0 Å². The molecule has 1 saturated carbocycles. The number of carbonyl (C=O) groups is 1. The second-order valence-electron chi connectivity index (χ2n) is 9.27. The lowest BCUT2D eigenvalue weighted by atomic mass is 9.77. The normalized spacial score (nSPS) is 19.7. The molecule has 6 nitrogen and oxygen atoms in total. The molecule has 0 N–H and O–H groups in total. The van der Waals surface area contributed by atoms with Crippen molar-refractivity contribution in [3.05, 3.63) is 94.6 Å². The smallest absolute Gasteiger partial charge is 0.274 e. The van der Waals surface area contributed by atoms with Crippen molar-refractivity contribution in [1.29, 1.82) is 0 Å². The zero-order valence-electron chi connectivity index (χ0n) is 21.4. The zero-order chi connectivity index (χ0) is 26.8. The third-order valence-corrected chi connectivity index (χ3v) is 7.04. The number of carbonyl (C=O) groups excluding carboxylic acids is 1. The summed E-state index contributed by atoms with van der Waals surface area (Å²) in [6.45, 7) is 0. The van der Waals surface area contributed by atoms with Crippen LogP contribution in [0.5, 0.6) is 17.2 Å². The molecular formula is C30H28F2N2O4. The van der Waals surface area contributed by atoms with Crippen molar-refractivity contribution in [3.63, 3.8) is 0 Å². The maximum atomic E-state index is 14.0. The topological polar surface area (TPSA) is 60.4 Å². The standard InChI is InChI=1S/C30H28F2N2O4/c1-36-25-16-21(17-26(37-2)29(25)38-3)30(35)34-28(19-9-13-23(32)14-10-19)24-6-4-5-20(27(24)33-34)15-18-7-11-22(31)12-8-18/h7-17,24,28H,4-6H2,1-3H3/b20-15+/t24-,28-/m1/s1. The van der Waals surface area contributed by atoms with E-state index in [1.165, 1.54) is 50.6 Å². The monoisotopic (exact) mass is 518 g/mol. The van der Waals surface area contributed by atoms with Crippen LogP contribution in [0, 0.1) is 17.6 Å². The third kappa shape index (κ3) is 4.74. The van der Waals surface area contributed by atoms with Crippen molar-refractivity contribution in [2.45, 2.75) is 25.3 Å². The van der Waals surface area contributed by atoms with Gasteiger partial charge in [0.25, 0.3) is 5.91 Å². The second-order valence-corrected chi connectivity index (χ2v) is 9.27. The van der Waals surface area contributed by atoms with E-state index in [4.69, 9.17) is 19.3 Å². The van der Waals surface area contributed by atoms with E-state index in [-0.39, 0.29) is 23.5 Å². The van der Waals surface area contributed by atoms with Gasteiger partial charge in [-0.15, -0.1) is 0 Å². The van der Waals surface area contributed by atoms with E-state index in [1.807, 2.05) is 6.08 Å². The molecule has 2 atom stereocenters. The van der Waals surface area contributed by atoms with Crippen LogP contribution in [-0.4, -0.2) is 38.0 Å². The first-order valence-corrected chi connectivity index (χ1v) is 12.4. The summed E-state index contributed by atoms with van der Waals surface area (Å²) in [5, 5.41) is 6.35. The number of benzene rings is 3. The Morgan fingerprint density at radius 1 is 0.921 bits per heavy atom. The second kappa shape index (κ2) is 10.7.